The first-order valence-corrected chi connectivity index (χ1v) is 9.55. The number of amides is 1. The van der Waals surface area contributed by atoms with Gasteiger partial charge in [0.25, 0.3) is 0 Å². The van der Waals surface area contributed by atoms with E-state index in [4.69, 9.17) is 5.73 Å². The fraction of sp³-hybridized carbons (Fsp3) is 0.533. The third-order valence-corrected chi connectivity index (χ3v) is 5.28. The molecule has 0 saturated carbocycles. The molecule has 7 heteroatoms. The molecule has 124 valence electrons. The second kappa shape index (κ2) is 7.57. The summed E-state index contributed by atoms with van der Waals surface area (Å²) in [7, 11) is -1.89. The Morgan fingerprint density at radius 3 is 2.32 bits per heavy atom. The van der Waals surface area contributed by atoms with Crippen LogP contribution in [0, 0.1) is 5.41 Å². The normalized spacial score (nSPS) is 12.2. The molecule has 2 N–H and O–H groups in total. The predicted octanol–water partition coefficient (Wildman–Crippen LogP) is 1.81. The lowest BCUT2D eigenvalue weighted by atomic mass is 9.93. The molecular formula is C15H23BrN2O3S. The molecule has 0 spiro atoms. The monoisotopic (exact) mass is 390 g/mol. The minimum absolute atomic E-state index is 0.139. The van der Waals surface area contributed by atoms with Gasteiger partial charge in [0.2, 0.25) is 5.91 Å². The predicted molar refractivity (Wildman–Crippen MR) is 92.1 cm³/mol. The summed E-state index contributed by atoms with van der Waals surface area (Å²) in [5, 5.41) is 0. The van der Waals surface area contributed by atoms with Gasteiger partial charge in [0.15, 0.2) is 9.84 Å². The average molecular weight is 391 g/mol. The number of nitrogens with zero attached hydrogens (tertiary/aromatic N) is 1. The van der Waals surface area contributed by atoms with Gasteiger partial charge >= 0.3 is 0 Å². The lowest BCUT2D eigenvalue weighted by Gasteiger charge is -2.29. The van der Waals surface area contributed by atoms with Crippen LogP contribution < -0.4 is 5.73 Å². The van der Waals surface area contributed by atoms with Gasteiger partial charge in [-0.1, -0.05) is 41.9 Å². The van der Waals surface area contributed by atoms with Crippen LogP contribution in [0.2, 0.25) is 0 Å². The number of halogens is 1. The summed E-state index contributed by atoms with van der Waals surface area (Å²) in [4.78, 5) is 13.5. The highest BCUT2D eigenvalue weighted by Crippen LogP contribution is 2.16. The molecule has 0 unspecified atom stereocenters. The van der Waals surface area contributed by atoms with Crippen LogP contribution >= 0.6 is 15.9 Å². The van der Waals surface area contributed by atoms with E-state index in [9.17, 15) is 13.2 Å². The Morgan fingerprint density at radius 1 is 1.27 bits per heavy atom. The second-order valence-electron chi connectivity index (χ2n) is 6.28. The standard InChI is InChI=1S/C15H23BrN2O3S/c1-15(2,10-17)11-18(3)14(19)9-22(20,21)8-12-4-6-13(16)7-5-12/h4-7H,8-11,17H2,1-3H3. The van der Waals surface area contributed by atoms with E-state index < -0.39 is 21.5 Å². The third-order valence-electron chi connectivity index (χ3n) is 3.29. The van der Waals surface area contributed by atoms with Gasteiger partial charge in [-0.05, 0) is 29.7 Å². The maximum Gasteiger partial charge on any atom is 0.237 e. The first-order valence-electron chi connectivity index (χ1n) is 6.93. The topological polar surface area (TPSA) is 80.5 Å². The SMILES string of the molecule is CN(CC(C)(C)CN)C(=O)CS(=O)(=O)Cc1ccc(Br)cc1. The summed E-state index contributed by atoms with van der Waals surface area (Å²) >= 11 is 3.30. The fourth-order valence-electron chi connectivity index (χ4n) is 1.98. The molecule has 1 aromatic rings. The van der Waals surface area contributed by atoms with Crippen molar-refractivity contribution in [3.63, 3.8) is 0 Å². The molecule has 1 aromatic carbocycles. The highest BCUT2D eigenvalue weighted by Gasteiger charge is 2.24. The highest BCUT2D eigenvalue weighted by molar-refractivity contribution is 9.10. The number of sulfone groups is 1. The lowest BCUT2D eigenvalue weighted by Crippen LogP contribution is -2.42. The molecule has 0 aliphatic heterocycles. The van der Waals surface area contributed by atoms with Crippen molar-refractivity contribution < 1.29 is 13.2 Å². The van der Waals surface area contributed by atoms with E-state index in [2.05, 4.69) is 15.9 Å². The first kappa shape index (κ1) is 19.1. The number of carbonyl (C=O) groups is 1. The second-order valence-corrected chi connectivity index (χ2v) is 9.26. The Bertz CT molecular complexity index is 612. The summed E-state index contributed by atoms with van der Waals surface area (Å²) in [6, 6.07) is 7.02. The fourth-order valence-corrected chi connectivity index (χ4v) is 3.64. The number of carbonyl (C=O) groups excluding carboxylic acids is 1. The number of hydrogen-bond acceptors (Lipinski definition) is 4. The van der Waals surface area contributed by atoms with Crippen LogP contribution in [-0.4, -0.2) is 45.1 Å². The molecule has 0 atom stereocenters. The van der Waals surface area contributed by atoms with E-state index in [1.54, 1.807) is 31.3 Å². The van der Waals surface area contributed by atoms with Gasteiger partial charge in [-0.25, -0.2) is 8.42 Å². The van der Waals surface area contributed by atoms with Crippen molar-refractivity contribution in [1.82, 2.24) is 4.90 Å². The van der Waals surface area contributed by atoms with Crippen LogP contribution in [0.25, 0.3) is 0 Å². The van der Waals surface area contributed by atoms with E-state index in [0.29, 0.717) is 18.7 Å². The molecule has 0 aromatic heterocycles. The molecule has 0 aliphatic rings. The first-order chi connectivity index (χ1) is 10.0. The Morgan fingerprint density at radius 2 is 1.82 bits per heavy atom. The van der Waals surface area contributed by atoms with Crippen molar-refractivity contribution in [2.24, 2.45) is 11.1 Å². The molecule has 22 heavy (non-hydrogen) atoms. The van der Waals surface area contributed by atoms with Crippen molar-refractivity contribution in [2.75, 3.05) is 25.9 Å². The van der Waals surface area contributed by atoms with Gasteiger partial charge < -0.3 is 10.6 Å². The molecule has 0 radical (unpaired) electrons. The molecule has 5 nitrogen and oxygen atoms in total. The van der Waals surface area contributed by atoms with Gasteiger partial charge in [-0.3, -0.25) is 4.79 Å². The molecule has 0 fully saturated rings. The van der Waals surface area contributed by atoms with Gasteiger partial charge in [0.1, 0.15) is 5.75 Å². The average Bonchev–Trinajstić information content (AvgIpc) is 2.40. The molecule has 1 amide bonds. The molecule has 1 rings (SSSR count). The van der Waals surface area contributed by atoms with Crippen molar-refractivity contribution in [1.29, 1.82) is 0 Å². The van der Waals surface area contributed by atoms with Crippen molar-refractivity contribution in [3.8, 4) is 0 Å². The maximum absolute atomic E-state index is 12.2. The minimum Gasteiger partial charge on any atom is -0.344 e. The molecule has 0 heterocycles. The quantitative estimate of drug-likeness (QED) is 0.769. The van der Waals surface area contributed by atoms with E-state index in [0.717, 1.165) is 4.47 Å². The van der Waals surface area contributed by atoms with Crippen molar-refractivity contribution in [2.45, 2.75) is 19.6 Å². The van der Waals surface area contributed by atoms with Gasteiger partial charge in [0, 0.05) is 18.1 Å². The largest absolute Gasteiger partial charge is 0.344 e. The summed E-state index contributed by atoms with van der Waals surface area (Å²) in [5.74, 6) is -1.03. The molecular weight excluding hydrogens is 368 g/mol. The van der Waals surface area contributed by atoms with Crippen LogP contribution in [-0.2, 0) is 20.4 Å². The Balaban J connectivity index is 2.67. The van der Waals surface area contributed by atoms with Gasteiger partial charge in [-0.2, -0.15) is 0 Å². The van der Waals surface area contributed by atoms with Gasteiger partial charge in [-0.15, -0.1) is 0 Å². The molecule has 0 bridgehead atoms. The Hall–Kier alpha value is -0.920. The zero-order valence-electron chi connectivity index (χ0n) is 13.2. The number of benzene rings is 1. The van der Waals surface area contributed by atoms with Crippen LogP contribution in [0.5, 0.6) is 0 Å². The zero-order valence-corrected chi connectivity index (χ0v) is 15.6. The summed E-state index contributed by atoms with van der Waals surface area (Å²) in [5.41, 5.74) is 6.07. The van der Waals surface area contributed by atoms with Crippen LogP contribution in [0.4, 0.5) is 0 Å². The third kappa shape index (κ3) is 6.46. The van der Waals surface area contributed by atoms with E-state index in [-0.39, 0.29) is 11.2 Å². The van der Waals surface area contributed by atoms with Gasteiger partial charge in [0.05, 0.1) is 5.75 Å². The zero-order chi connectivity index (χ0) is 17.0. The van der Waals surface area contributed by atoms with E-state index in [1.807, 2.05) is 13.8 Å². The molecule has 0 aliphatic carbocycles. The highest BCUT2D eigenvalue weighted by atomic mass is 79.9. The minimum atomic E-state index is -3.49. The lowest BCUT2D eigenvalue weighted by molar-refractivity contribution is -0.128. The van der Waals surface area contributed by atoms with Crippen LogP contribution in [0.3, 0.4) is 0 Å². The number of rotatable bonds is 7. The Labute approximate surface area is 140 Å². The van der Waals surface area contributed by atoms with Crippen molar-refractivity contribution in [3.05, 3.63) is 34.3 Å². The van der Waals surface area contributed by atoms with E-state index in [1.165, 1.54) is 4.90 Å². The maximum atomic E-state index is 12.2. The summed E-state index contributed by atoms with van der Waals surface area (Å²) in [6.07, 6.45) is 0. The van der Waals surface area contributed by atoms with E-state index >= 15 is 0 Å². The number of hydrogen-bond donors (Lipinski definition) is 1. The summed E-state index contributed by atoms with van der Waals surface area (Å²) in [6.45, 7) is 4.73. The number of nitrogens with two attached hydrogens (primary N) is 1. The smallest absolute Gasteiger partial charge is 0.237 e. The van der Waals surface area contributed by atoms with Crippen LogP contribution in [0.1, 0.15) is 19.4 Å². The summed E-state index contributed by atoms with van der Waals surface area (Å²) < 4.78 is 25.2. The van der Waals surface area contributed by atoms with Crippen molar-refractivity contribution >= 4 is 31.7 Å². The van der Waals surface area contributed by atoms with Crippen LogP contribution in [0.15, 0.2) is 28.7 Å². The molecule has 0 saturated heterocycles. The Kier molecular flexibility index (Phi) is 6.58.